The molecule has 4 rings (SSSR count). The molecule has 0 saturated heterocycles. The normalized spacial score (nSPS) is 26.8. The van der Waals surface area contributed by atoms with Crippen molar-refractivity contribution in [2.75, 3.05) is 7.11 Å². The van der Waals surface area contributed by atoms with Crippen molar-refractivity contribution in [2.24, 2.45) is 11.8 Å². The van der Waals surface area contributed by atoms with Gasteiger partial charge in [-0.3, -0.25) is 9.59 Å². The van der Waals surface area contributed by atoms with Crippen molar-refractivity contribution in [1.82, 2.24) is 25.5 Å². The maximum Gasteiger partial charge on any atom is 0.308 e. The molecule has 0 radical (unpaired) electrons. The van der Waals surface area contributed by atoms with Gasteiger partial charge in [-0.1, -0.05) is 30.3 Å². The van der Waals surface area contributed by atoms with Gasteiger partial charge < -0.3 is 10.1 Å². The number of benzene rings is 1. The third-order valence-electron chi connectivity index (χ3n) is 6.17. The number of nitrogens with zero attached hydrogens (tertiary/aromatic N) is 4. The standard InChI is InChI=1S/C21H27N5O3/c1-29-21(28)16-8-7-15(13-16)20(27)22-17-9-11-18(12-10-17)26-24-19(23-25-26)14-5-3-2-4-6-14/h2-6,15-18H,7-13H2,1H3,(H,22,27)/t15-,16+,17?,18?/m0/s1. The van der Waals surface area contributed by atoms with E-state index in [0.29, 0.717) is 12.2 Å². The highest BCUT2D eigenvalue weighted by Gasteiger charge is 2.35. The van der Waals surface area contributed by atoms with Crippen LogP contribution in [-0.4, -0.2) is 45.2 Å². The second-order valence-electron chi connectivity index (χ2n) is 8.04. The highest BCUT2D eigenvalue weighted by atomic mass is 16.5. The number of rotatable bonds is 5. The number of aromatic nitrogens is 4. The van der Waals surface area contributed by atoms with Gasteiger partial charge in [-0.15, -0.1) is 10.2 Å². The lowest BCUT2D eigenvalue weighted by Gasteiger charge is -2.29. The van der Waals surface area contributed by atoms with E-state index in [1.54, 1.807) is 4.80 Å². The number of tetrazole rings is 1. The fourth-order valence-electron chi connectivity index (χ4n) is 4.45. The van der Waals surface area contributed by atoms with Gasteiger partial charge in [0.2, 0.25) is 11.7 Å². The number of methoxy groups -OCH3 is 1. The third-order valence-corrected chi connectivity index (χ3v) is 6.17. The first-order valence-electron chi connectivity index (χ1n) is 10.4. The van der Waals surface area contributed by atoms with E-state index in [9.17, 15) is 9.59 Å². The Labute approximate surface area is 170 Å². The van der Waals surface area contributed by atoms with Crippen LogP contribution in [0.2, 0.25) is 0 Å². The van der Waals surface area contributed by atoms with E-state index < -0.39 is 0 Å². The van der Waals surface area contributed by atoms with E-state index in [-0.39, 0.29) is 35.8 Å². The highest BCUT2D eigenvalue weighted by Crippen LogP contribution is 2.33. The minimum Gasteiger partial charge on any atom is -0.469 e. The zero-order chi connectivity index (χ0) is 20.2. The molecule has 0 spiro atoms. The summed E-state index contributed by atoms with van der Waals surface area (Å²) in [7, 11) is 1.40. The Morgan fingerprint density at radius 1 is 1.03 bits per heavy atom. The van der Waals surface area contributed by atoms with Crippen LogP contribution in [0.15, 0.2) is 30.3 Å². The molecule has 1 aromatic carbocycles. The van der Waals surface area contributed by atoms with Gasteiger partial charge in [0.1, 0.15) is 0 Å². The Balaban J connectivity index is 1.26. The van der Waals surface area contributed by atoms with Crippen LogP contribution in [0.3, 0.4) is 0 Å². The topological polar surface area (TPSA) is 99.0 Å². The summed E-state index contributed by atoms with van der Waals surface area (Å²) in [6, 6.07) is 10.2. The summed E-state index contributed by atoms with van der Waals surface area (Å²) in [5.41, 5.74) is 0.960. The maximum atomic E-state index is 12.6. The van der Waals surface area contributed by atoms with Crippen molar-refractivity contribution in [2.45, 2.75) is 57.0 Å². The first kappa shape index (κ1) is 19.5. The number of carbonyl (C=O) groups excluding carboxylic acids is 2. The molecule has 0 aliphatic heterocycles. The zero-order valence-electron chi connectivity index (χ0n) is 16.7. The number of esters is 1. The quantitative estimate of drug-likeness (QED) is 0.779. The van der Waals surface area contributed by atoms with Gasteiger partial charge in [-0.05, 0) is 50.2 Å². The Hall–Kier alpha value is -2.77. The number of hydrogen-bond acceptors (Lipinski definition) is 6. The van der Waals surface area contributed by atoms with Gasteiger partial charge >= 0.3 is 5.97 Å². The summed E-state index contributed by atoms with van der Waals surface area (Å²) in [5, 5.41) is 16.2. The molecule has 2 atom stereocenters. The van der Waals surface area contributed by atoms with Gasteiger partial charge in [0.05, 0.1) is 19.1 Å². The van der Waals surface area contributed by atoms with Gasteiger partial charge in [-0.2, -0.15) is 4.80 Å². The average Bonchev–Trinajstić information content (AvgIpc) is 3.45. The lowest BCUT2D eigenvalue weighted by molar-refractivity contribution is -0.145. The molecule has 154 valence electrons. The van der Waals surface area contributed by atoms with Crippen molar-refractivity contribution in [3.05, 3.63) is 30.3 Å². The minimum absolute atomic E-state index is 0.0742. The van der Waals surface area contributed by atoms with Crippen LogP contribution >= 0.6 is 0 Å². The summed E-state index contributed by atoms with van der Waals surface area (Å²) >= 11 is 0. The van der Waals surface area contributed by atoms with Gasteiger partial charge in [0, 0.05) is 17.5 Å². The summed E-state index contributed by atoms with van der Waals surface area (Å²) in [5.74, 6) is 0.300. The lowest BCUT2D eigenvalue weighted by atomic mass is 9.91. The molecule has 0 unspecified atom stereocenters. The van der Waals surface area contributed by atoms with Crippen molar-refractivity contribution in [3.8, 4) is 11.4 Å². The second-order valence-corrected chi connectivity index (χ2v) is 8.04. The first-order chi connectivity index (χ1) is 14.1. The molecule has 2 fully saturated rings. The Morgan fingerprint density at radius 2 is 1.76 bits per heavy atom. The van der Waals surface area contributed by atoms with Crippen LogP contribution in [0, 0.1) is 11.8 Å². The smallest absolute Gasteiger partial charge is 0.308 e. The predicted molar refractivity (Wildman–Crippen MR) is 106 cm³/mol. The molecule has 0 bridgehead atoms. The van der Waals surface area contributed by atoms with Crippen molar-refractivity contribution >= 4 is 11.9 Å². The second kappa shape index (κ2) is 8.71. The van der Waals surface area contributed by atoms with E-state index in [4.69, 9.17) is 4.74 Å². The first-order valence-corrected chi connectivity index (χ1v) is 10.4. The molecule has 1 amide bonds. The number of amides is 1. The van der Waals surface area contributed by atoms with Gasteiger partial charge in [0.15, 0.2) is 0 Å². The molecule has 29 heavy (non-hydrogen) atoms. The molecule has 1 aromatic heterocycles. The highest BCUT2D eigenvalue weighted by molar-refractivity contribution is 5.81. The molecule has 2 aromatic rings. The summed E-state index contributed by atoms with van der Waals surface area (Å²) in [4.78, 5) is 26.0. The SMILES string of the molecule is COC(=O)[C@@H]1CC[C@H](C(=O)NC2CCC(n3nnc(-c4ccccc4)n3)CC2)C1. The van der Waals surface area contributed by atoms with Crippen LogP contribution in [0.5, 0.6) is 0 Å². The minimum atomic E-state index is -0.198. The molecule has 1 N–H and O–H groups in total. The summed E-state index contributed by atoms with van der Waals surface area (Å²) < 4.78 is 4.81. The summed E-state index contributed by atoms with van der Waals surface area (Å²) in [6.07, 6.45) is 5.69. The number of hydrogen-bond donors (Lipinski definition) is 1. The molecule has 2 aliphatic carbocycles. The fourth-order valence-corrected chi connectivity index (χ4v) is 4.45. The zero-order valence-corrected chi connectivity index (χ0v) is 16.7. The van der Waals surface area contributed by atoms with E-state index in [0.717, 1.165) is 44.1 Å². The number of nitrogens with one attached hydrogen (secondary N) is 1. The molecule has 1 heterocycles. The van der Waals surface area contributed by atoms with Crippen LogP contribution in [0.25, 0.3) is 11.4 Å². The van der Waals surface area contributed by atoms with E-state index in [1.807, 2.05) is 30.3 Å². The number of carbonyl (C=O) groups is 2. The molecular formula is C21H27N5O3. The van der Waals surface area contributed by atoms with Crippen LogP contribution in [0.1, 0.15) is 51.0 Å². The largest absolute Gasteiger partial charge is 0.469 e. The molecule has 2 saturated carbocycles. The Morgan fingerprint density at radius 3 is 2.48 bits per heavy atom. The van der Waals surface area contributed by atoms with E-state index in [1.165, 1.54) is 7.11 Å². The molecule has 8 nitrogen and oxygen atoms in total. The lowest BCUT2D eigenvalue weighted by Crippen LogP contribution is -2.41. The van der Waals surface area contributed by atoms with Crippen LogP contribution < -0.4 is 5.32 Å². The Kier molecular flexibility index (Phi) is 5.87. The predicted octanol–water partition coefficient (Wildman–Crippen LogP) is 2.53. The number of ether oxygens (including phenoxy) is 1. The summed E-state index contributed by atoms with van der Waals surface area (Å²) in [6.45, 7) is 0. The van der Waals surface area contributed by atoms with E-state index >= 15 is 0 Å². The monoisotopic (exact) mass is 397 g/mol. The van der Waals surface area contributed by atoms with Crippen molar-refractivity contribution in [3.63, 3.8) is 0 Å². The van der Waals surface area contributed by atoms with Crippen LogP contribution in [0.4, 0.5) is 0 Å². The Bertz CT molecular complexity index is 845. The molecule has 8 heteroatoms. The maximum absolute atomic E-state index is 12.6. The third kappa shape index (κ3) is 4.46. The van der Waals surface area contributed by atoms with Crippen molar-refractivity contribution < 1.29 is 14.3 Å². The fraction of sp³-hybridized carbons (Fsp3) is 0.571. The van der Waals surface area contributed by atoms with Gasteiger partial charge in [-0.25, -0.2) is 0 Å². The van der Waals surface area contributed by atoms with E-state index in [2.05, 4.69) is 20.7 Å². The van der Waals surface area contributed by atoms with Crippen molar-refractivity contribution in [1.29, 1.82) is 0 Å². The van der Waals surface area contributed by atoms with Gasteiger partial charge in [0.25, 0.3) is 0 Å². The molecular weight excluding hydrogens is 370 g/mol. The average molecular weight is 397 g/mol. The molecule has 2 aliphatic rings. The van der Waals surface area contributed by atoms with Crippen LogP contribution in [-0.2, 0) is 14.3 Å².